The van der Waals surface area contributed by atoms with E-state index < -0.39 is 0 Å². The number of methoxy groups -OCH3 is 2. The van der Waals surface area contributed by atoms with Crippen LogP contribution in [0, 0.1) is 0 Å². The summed E-state index contributed by atoms with van der Waals surface area (Å²) in [6.07, 6.45) is 6.85. The fourth-order valence-corrected chi connectivity index (χ4v) is 3.87. The fraction of sp³-hybridized carbons (Fsp3) is 0.304. The van der Waals surface area contributed by atoms with Gasteiger partial charge in [-0.3, -0.25) is 9.99 Å². The third-order valence-electron chi connectivity index (χ3n) is 5.36. The van der Waals surface area contributed by atoms with Crippen molar-refractivity contribution in [1.82, 2.24) is 15.0 Å². The smallest absolute Gasteiger partial charge is 0.161 e. The average Bonchev–Trinajstić information content (AvgIpc) is 3.02. The van der Waals surface area contributed by atoms with Gasteiger partial charge in [0, 0.05) is 42.3 Å². The zero-order valence-electron chi connectivity index (χ0n) is 17.3. The summed E-state index contributed by atoms with van der Waals surface area (Å²) in [7, 11) is 3.31. The van der Waals surface area contributed by atoms with E-state index >= 15 is 0 Å². The Hall–Kier alpha value is -3.12. The number of fused-ring (bicyclic) bond motifs is 1. The number of nitrogens with zero attached hydrogens (tertiary/aromatic N) is 4. The van der Waals surface area contributed by atoms with Crippen LogP contribution in [0.25, 0.3) is 5.57 Å². The summed E-state index contributed by atoms with van der Waals surface area (Å²) >= 11 is 0. The number of allylic oxidation sites excluding steroid dienone is 1. The van der Waals surface area contributed by atoms with Crippen molar-refractivity contribution in [2.24, 2.45) is 4.99 Å². The zero-order chi connectivity index (χ0) is 20.4. The number of aromatic nitrogens is 1. The lowest BCUT2D eigenvalue weighted by Gasteiger charge is -2.32. The van der Waals surface area contributed by atoms with Crippen LogP contribution in [0.15, 0.2) is 65.7 Å². The second kappa shape index (κ2) is 8.09. The van der Waals surface area contributed by atoms with Gasteiger partial charge in [0.05, 0.1) is 20.3 Å². The molecule has 150 valence electrons. The van der Waals surface area contributed by atoms with E-state index in [-0.39, 0.29) is 6.04 Å². The molecule has 3 heterocycles. The molecule has 0 bridgehead atoms. The van der Waals surface area contributed by atoms with Gasteiger partial charge in [0.25, 0.3) is 0 Å². The maximum Gasteiger partial charge on any atom is 0.161 e. The summed E-state index contributed by atoms with van der Waals surface area (Å²) in [4.78, 5) is 9.33. The number of ether oxygens (including phenoxy) is 2. The molecule has 0 saturated heterocycles. The topological polar surface area (TPSA) is 50.2 Å². The van der Waals surface area contributed by atoms with E-state index in [1.54, 1.807) is 14.2 Å². The summed E-state index contributed by atoms with van der Waals surface area (Å²) in [6.45, 7) is 5.08. The predicted molar refractivity (Wildman–Crippen MR) is 115 cm³/mol. The van der Waals surface area contributed by atoms with Crippen LogP contribution in [0.5, 0.6) is 11.5 Å². The monoisotopic (exact) mass is 390 g/mol. The summed E-state index contributed by atoms with van der Waals surface area (Å²) < 4.78 is 10.9. The van der Waals surface area contributed by atoms with Gasteiger partial charge in [-0.15, -0.1) is 0 Å². The Labute approximate surface area is 171 Å². The predicted octanol–water partition coefficient (Wildman–Crippen LogP) is 3.92. The van der Waals surface area contributed by atoms with E-state index in [9.17, 15) is 0 Å². The van der Waals surface area contributed by atoms with Gasteiger partial charge in [0.15, 0.2) is 17.3 Å². The van der Waals surface area contributed by atoms with Crippen LogP contribution < -0.4 is 9.47 Å². The van der Waals surface area contributed by atoms with Gasteiger partial charge in [0.2, 0.25) is 0 Å². The first-order valence-corrected chi connectivity index (χ1v) is 9.78. The maximum atomic E-state index is 5.53. The molecule has 2 aliphatic heterocycles. The highest BCUT2D eigenvalue weighted by atomic mass is 16.5. The Kier molecular flexibility index (Phi) is 5.36. The molecule has 1 aromatic heterocycles. The first-order valence-electron chi connectivity index (χ1n) is 9.78. The van der Waals surface area contributed by atoms with Crippen LogP contribution >= 0.6 is 0 Å². The van der Waals surface area contributed by atoms with Crippen LogP contribution in [0.4, 0.5) is 0 Å². The lowest BCUT2D eigenvalue weighted by atomic mass is 9.99. The van der Waals surface area contributed by atoms with Crippen molar-refractivity contribution >= 4 is 11.3 Å². The fourth-order valence-electron chi connectivity index (χ4n) is 3.87. The first kappa shape index (κ1) is 19.2. The molecule has 2 aliphatic rings. The van der Waals surface area contributed by atoms with Crippen molar-refractivity contribution in [3.05, 3.63) is 71.9 Å². The van der Waals surface area contributed by atoms with Crippen LogP contribution in [0.3, 0.4) is 0 Å². The number of pyridine rings is 1. The molecule has 0 aliphatic carbocycles. The Bertz CT molecular complexity index is 982. The molecular formula is C23H26N4O2. The molecule has 1 unspecified atom stereocenters. The van der Waals surface area contributed by atoms with Gasteiger partial charge < -0.3 is 9.47 Å². The zero-order valence-corrected chi connectivity index (χ0v) is 17.3. The van der Waals surface area contributed by atoms with Crippen molar-refractivity contribution in [1.29, 1.82) is 0 Å². The minimum atomic E-state index is 0.158. The number of hydrogen-bond acceptors (Lipinski definition) is 6. The van der Waals surface area contributed by atoms with Gasteiger partial charge in [0.1, 0.15) is 0 Å². The van der Waals surface area contributed by atoms with Gasteiger partial charge in [-0.25, -0.2) is 10.0 Å². The number of hydrogen-bond donors (Lipinski definition) is 0. The van der Waals surface area contributed by atoms with Gasteiger partial charge in [-0.05, 0) is 49.8 Å². The normalized spacial score (nSPS) is 18.7. The van der Waals surface area contributed by atoms with Crippen molar-refractivity contribution in [3.8, 4) is 11.5 Å². The molecule has 0 N–H and O–H groups in total. The highest BCUT2D eigenvalue weighted by Gasteiger charge is 2.37. The van der Waals surface area contributed by atoms with Gasteiger partial charge >= 0.3 is 0 Å². The second-order valence-corrected chi connectivity index (χ2v) is 7.13. The molecule has 0 fully saturated rings. The van der Waals surface area contributed by atoms with Gasteiger partial charge in [-0.1, -0.05) is 12.1 Å². The van der Waals surface area contributed by atoms with Crippen LogP contribution in [-0.4, -0.2) is 47.5 Å². The molecule has 29 heavy (non-hydrogen) atoms. The molecule has 0 radical (unpaired) electrons. The SMILES string of the molecule is COc1ccc(C2=C3N=C(C)C=CN3N(CCc3ccccn3)C2C)cc1OC. The van der Waals surface area contributed by atoms with E-state index in [0.717, 1.165) is 47.3 Å². The highest BCUT2D eigenvalue weighted by molar-refractivity contribution is 5.95. The van der Waals surface area contributed by atoms with Gasteiger partial charge in [-0.2, -0.15) is 0 Å². The molecule has 1 aromatic carbocycles. The largest absolute Gasteiger partial charge is 0.493 e. The lowest BCUT2D eigenvalue weighted by molar-refractivity contribution is 0.0573. The standard InChI is InChI=1S/C23H26N4O2/c1-16-10-13-27-23(25-16)22(18-8-9-20(28-3)21(15-18)29-4)17(2)26(27)14-11-19-7-5-6-12-24-19/h5-10,12-13,15,17H,11,14H2,1-4H3. The highest BCUT2D eigenvalue weighted by Crippen LogP contribution is 2.41. The van der Waals surface area contributed by atoms with Crippen molar-refractivity contribution in [2.75, 3.05) is 20.8 Å². The minimum absolute atomic E-state index is 0.158. The Morgan fingerprint density at radius 2 is 1.90 bits per heavy atom. The van der Waals surface area contributed by atoms with Crippen molar-refractivity contribution in [2.45, 2.75) is 26.3 Å². The molecule has 6 nitrogen and oxygen atoms in total. The van der Waals surface area contributed by atoms with E-state index in [4.69, 9.17) is 14.5 Å². The van der Waals surface area contributed by atoms with E-state index in [0.29, 0.717) is 0 Å². The number of hydrazine groups is 1. The minimum Gasteiger partial charge on any atom is -0.493 e. The lowest BCUT2D eigenvalue weighted by Crippen LogP contribution is -2.40. The second-order valence-electron chi connectivity index (χ2n) is 7.13. The summed E-state index contributed by atoms with van der Waals surface area (Å²) in [5.74, 6) is 2.40. The van der Waals surface area contributed by atoms with Crippen LogP contribution in [-0.2, 0) is 6.42 Å². The van der Waals surface area contributed by atoms with E-state index in [2.05, 4.69) is 40.3 Å². The molecule has 6 heteroatoms. The molecular weight excluding hydrogens is 364 g/mol. The third kappa shape index (κ3) is 3.63. The van der Waals surface area contributed by atoms with Crippen molar-refractivity contribution < 1.29 is 9.47 Å². The molecule has 2 aromatic rings. The first-order chi connectivity index (χ1) is 14.1. The number of benzene rings is 1. The van der Waals surface area contributed by atoms with Crippen LogP contribution in [0.1, 0.15) is 25.1 Å². The quantitative estimate of drug-likeness (QED) is 0.748. The molecule has 0 saturated carbocycles. The number of aliphatic imine (C=N–C) groups is 1. The van der Waals surface area contributed by atoms with E-state index in [1.165, 1.54) is 5.57 Å². The molecule has 4 rings (SSSR count). The molecule has 0 spiro atoms. The summed E-state index contributed by atoms with van der Waals surface area (Å²) in [5.41, 5.74) is 4.34. The number of rotatable bonds is 6. The molecule has 1 atom stereocenters. The maximum absolute atomic E-state index is 5.53. The third-order valence-corrected chi connectivity index (χ3v) is 5.36. The Morgan fingerprint density at radius 3 is 2.62 bits per heavy atom. The Morgan fingerprint density at radius 1 is 1.07 bits per heavy atom. The summed E-state index contributed by atoms with van der Waals surface area (Å²) in [5, 5.41) is 4.50. The van der Waals surface area contributed by atoms with Crippen molar-refractivity contribution in [3.63, 3.8) is 0 Å². The van der Waals surface area contributed by atoms with E-state index in [1.807, 2.05) is 43.5 Å². The molecule has 0 amide bonds. The summed E-state index contributed by atoms with van der Waals surface area (Å²) in [6, 6.07) is 12.3. The van der Waals surface area contributed by atoms with Crippen LogP contribution in [0.2, 0.25) is 0 Å². The average molecular weight is 390 g/mol. The Balaban J connectivity index is 1.68.